The zero-order valence-corrected chi connectivity index (χ0v) is 11.3. The zero-order chi connectivity index (χ0) is 13.2. The average Bonchev–Trinajstić information content (AvgIpc) is 2.61. The lowest BCUT2D eigenvalue weighted by Crippen LogP contribution is -2.02. The lowest BCUT2D eigenvalue weighted by atomic mass is 10.2. The Balaban J connectivity index is 1.89. The average molecular weight is 278 g/mol. The molecule has 2 heterocycles. The number of hydrogen-bond acceptors (Lipinski definition) is 4. The number of benzene rings is 1. The molecule has 1 aromatic heterocycles. The Morgan fingerprint density at radius 3 is 2.95 bits per heavy atom. The summed E-state index contributed by atoms with van der Waals surface area (Å²) < 4.78 is 15.9. The Morgan fingerprint density at radius 1 is 1.21 bits per heavy atom. The largest absolute Gasteiger partial charge is 0.399 e. The Bertz CT molecular complexity index is 596. The maximum absolute atomic E-state index is 13.8. The molecule has 0 amide bonds. The van der Waals surface area contributed by atoms with Crippen molar-refractivity contribution in [3.05, 3.63) is 29.8 Å². The van der Waals surface area contributed by atoms with Crippen LogP contribution in [-0.2, 0) is 13.0 Å². The fourth-order valence-electron chi connectivity index (χ4n) is 2.23. The molecule has 1 aromatic carbocycles. The third-order valence-electron chi connectivity index (χ3n) is 3.23. The molecule has 0 saturated carbocycles. The Kier molecular flexibility index (Phi) is 3.42. The minimum atomic E-state index is -0.309. The zero-order valence-electron chi connectivity index (χ0n) is 10.5. The van der Waals surface area contributed by atoms with Crippen LogP contribution in [0.1, 0.15) is 25.1 Å². The highest BCUT2D eigenvalue weighted by molar-refractivity contribution is 7.99. The van der Waals surface area contributed by atoms with Gasteiger partial charge in [0, 0.05) is 18.7 Å². The van der Waals surface area contributed by atoms with Crippen LogP contribution in [0.4, 0.5) is 10.1 Å². The molecule has 1 aliphatic rings. The third kappa shape index (κ3) is 2.58. The summed E-state index contributed by atoms with van der Waals surface area (Å²) >= 11 is 1.31. The van der Waals surface area contributed by atoms with E-state index >= 15 is 0 Å². The SMILES string of the molecule is Nc1ccc(Sc2nnc3n2CCCCC3)c(F)c1. The van der Waals surface area contributed by atoms with Crippen LogP contribution in [0.2, 0.25) is 0 Å². The van der Waals surface area contributed by atoms with Gasteiger partial charge in [-0.25, -0.2) is 4.39 Å². The van der Waals surface area contributed by atoms with E-state index in [0.717, 1.165) is 36.8 Å². The van der Waals surface area contributed by atoms with Gasteiger partial charge >= 0.3 is 0 Å². The first-order valence-electron chi connectivity index (χ1n) is 6.39. The molecule has 0 radical (unpaired) electrons. The van der Waals surface area contributed by atoms with Crippen LogP contribution in [0.25, 0.3) is 0 Å². The summed E-state index contributed by atoms with van der Waals surface area (Å²) in [5.74, 6) is 0.701. The molecule has 100 valence electrons. The van der Waals surface area contributed by atoms with E-state index in [9.17, 15) is 4.39 Å². The summed E-state index contributed by atoms with van der Waals surface area (Å²) in [6.45, 7) is 0.918. The van der Waals surface area contributed by atoms with Crippen LogP contribution in [0.5, 0.6) is 0 Å². The van der Waals surface area contributed by atoms with Crippen LogP contribution in [-0.4, -0.2) is 14.8 Å². The summed E-state index contributed by atoms with van der Waals surface area (Å²) in [5, 5.41) is 9.15. The van der Waals surface area contributed by atoms with Gasteiger partial charge in [-0.1, -0.05) is 6.42 Å². The Morgan fingerprint density at radius 2 is 2.11 bits per heavy atom. The van der Waals surface area contributed by atoms with Crippen molar-refractivity contribution in [1.82, 2.24) is 14.8 Å². The molecule has 0 fully saturated rings. The molecule has 3 rings (SSSR count). The lowest BCUT2D eigenvalue weighted by Gasteiger charge is -2.07. The molecule has 1 aliphatic heterocycles. The first-order valence-corrected chi connectivity index (χ1v) is 7.20. The Labute approximate surface area is 115 Å². The first-order chi connectivity index (χ1) is 9.24. The quantitative estimate of drug-likeness (QED) is 0.858. The van der Waals surface area contributed by atoms with Gasteiger partial charge in [-0.2, -0.15) is 0 Å². The molecular formula is C13H15FN4S. The van der Waals surface area contributed by atoms with E-state index < -0.39 is 0 Å². The molecule has 0 saturated heterocycles. The van der Waals surface area contributed by atoms with Gasteiger partial charge in [0.05, 0.1) is 4.90 Å². The van der Waals surface area contributed by atoms with Crippen molar-refractivity contribution in [1.29, 1.82) is 0 Å². The minimum Gasteiger partial charge on any atom is -0.399 e. The highest BCUT2D eigenvalue weighted by Gasteiger charge is 2.16. The van der Waals surface area contributed by atoms with E-state index in [1.807, 2.05) is 0 Å². The number of rotatable bonds is 2. The summed E-state index contributed by atoms with van der Waals surface area (Å²) in [5.41, 5.74) is 5.98. The van der Waals surface area contributed by atoms with Gasteiger partial charge in [0.25, 0.3) is 0 Å². The fraction of sp³-hybridized carbons (Fsp3) is 0.385. The summed E-state index contributed by atoms with van der Waals surface area (Å²) in [4.78, 5) is 0.536. The Hall–Kier alpha value is -1.56. The number of anilines is 1. The maximum Gasteiger partial charge on any atom is 0.196 e. The van der Waals surface area contributed by atoms with E-state index in [4.69, 9.17) is 5.73 Å². The van der Waals surface area contributed by atoms with Gasteiger partial charge in [-0.05, 0) is 42.8 Å². The smallest absolute Gasteiger partial charge is 0.196 e. The molecule has 0 aliphatic carbocycles. The number of halogens is 1. The van der Waals surface area contributed by atoms with Gasteiger partial charge in [0.2, 0.25) is 0 Å². The highest BCUT2D eigenvalue weighted by atomic mass is 32.2. The van der Waals surface area contributed by atoms with Crippen LogP contribution in [0.15, 0.2) is 28.3 Å². The summed E-state index contributed by atoms with van der Waals surface area (Å²) in [6.07, 6.45) is 4.45. The monoisotopic (exact) mass is 278 g/mol. The molecular weight excluding hydrogens is 263 g/mol. The van der Waals surface area contributed by atoms with Crippen LogP contribution in [0, 0.1) is 5.82 Å². The molecule has 0 unspecified atom stereocenters. The van der Waals surface area contributed by atoms with Gasteiger partial charge in [-0.3, -0.25) is 0 Å². The van der Waals surface area contributed by atoms with Crippen molar-refractivity contribution in [2.75, 3.05) is 5.73 Å². The second-order valence-corrected chi connectivity index (χ2v) is 5.66. The van der Waals surface area contributed by atoms with Gasteiger partial charge < -0.3 is 10.3 Å². The second-order valence-electron chi connectivity index (χ2n) is 4.65. The van der Waals surface area contributed by atoms with Crippen LogP contribution < -0.4 is 5.73 Å². The van der Waals surface area contributed by atoms with Crippen molar-refractivity contribution in [2.45, 2.75) is 42.3 Å². The second kappa shape index (κ2) is 5.21. The molecule has 2 N–H and O–H groups in total. The summed E-state index contributed by atoms with van der Waals surface area (Å²) in [6, 6.07) is 4.72. The van der Waals surface area contributed by atoms with Crippen molar-refractivity contribution >= 4 is 17.4 Å². The highest BCUT2D eigenvalue weighted by Crippen LogP contribution is 2.31. The molecule has 19 heavy (non-hydrogen) atoms. The topological polar surface area (TPSA) is 56.7 Å². The number of hydrogen-bond donors (Lipinski definition) is 1. The normalized spacial score (nSPS) is 15.0. The number of nitrogens with two attached hydrogens (primary N) is 1. The van der Waals surface area contributed by atoms with Crippen LogP contribution >= 0.6 is 11.8 Å². The predicted octanol–water partition coefficient (Wildman–Crippen LogP) is 2.88. The number of nitrogens with zero attached hydrogens (tertiary/aromatic N) is 3. The first kappa shape index (κ1) is 12.5. The van der Waals surface area contributed by atoms with E-state index in [2.05, 4.69) is 14.8 Å². The van der Waals surface area contributed by atoms with E-state index in [1.165, 1.54) is 24.2 Å². The van der Waals surface area contributed by atoms with E-state index in [-0.39, 0.29) is 5.82 Å². The molecule has 2 aromatic rings. The van der Waals surface area contributed by atoms with Crippen molar-refractivity contribution in [3.63, 3.8) is 0 Å². The molecule has 0 atom stereocenters. The van der Waals surface area contributed by atoms with Crippen LogP contribution in [0.3, 0.4) is 0 Å². The lowest BCUT2D eigenvalue weighted by molar-refractivity contribution is 0.586. The maximum atomic E-state index is 13.8. The summed E-state index contributed by atoms with van der Waals surface area (Å²) in [7, 11) is 0. The standard InChI is InChI=1S/C13H15FN4S/c14-10-8-9(15)5-6-11(10)19-13-17-16-12-4-2-1-3-7-18(12)13/h5-6,8H,1-4,7,15H2. The van der Waals surface area contributed by atoms with Crippen molar-refractivity contribution in [3.8, 4) is 0 Å². The number of fused-ring (bicyclic) bond motifs is 1. The number of aromatic nitrogens is 3. The minimum absolute atomic E-state index is 0.309. The third-order valence-corrected chi connectivity index (χ3v) is 4.27. The number of aryl methyl sites for hydroxylation is 1. The van der Waals surface area contributed by atoms with Gasteiger partial charge in [0.1, 0.15) is 11.6 Å². The molecule has 4 nitrogen and oxygen atoms in total. The molecule has 6 heteroatoms. The fourth-order valence-corrected chi connectivity index (χ4v) is 3.11. The van der Waals surface area contributed by atoms with E-state index in [0.29, 0.717) is 10.6 Å². The van der Waals surface area contributed by atoms with Gasteiger partial charge in [0.15, 0.2) is 5.16 Å². The van der Waals surface area contributed by atoms with Crippen molar-refractivity contribution < 1.29 is 4.39 Å². The van der Waals surface area contributed by atoms with Crippen molar-refractivity contribution in [2.24, 2.45) is 0 Å². The number of nitrogen functional groups attached to an aromatic ring is 1. The predicted molar refractivity (Wildman–Crippen MR) is 72.5 cm³/mol. The van der Waals surface area contributed by atoms with E-state index in [1.54, 1.807) is 12.1 Å². The van der Waals surface area contributed by atoms with Gasteiger partial charge in [-0.15, -0.1) is 10.2 Å². The molecule has 0 spiro atoms. The molecule has 0 bridgehead atoms.